The van der Waals surface area contributed by atoms with Crippen molar-refractivity contribution >= 4 is 12.0 Å². The molecule has 1 atom stereocenters. The summed E-state index contributed by atoms with van der Waals surface area (Å²) in [5, 5.41) is 0. The lowest BCUT2D eigenvalue weighted by atomic mass is 9.92. The van der Waals surface area contributed by atoms with E-state index in [0.29, 0.717) is 31.7 Å². The molecular weight excluding hydrogens is 322 g/mol. The molecule has 25 heavy (non-hydrogen) atoms. The maximum Gasteiger partial charge on any atom is 0.410 e. The summed E-state index contributed by atoms with van der Waals surface area (Å²) >= 11 is 0. The van der Waals surface area contributed by atoms with Crippen LogP contribution in [0.2, 0.25) is 0 Å². The standard InChI is InChI=1S/C18H25N3O4/c1-5-21-13(3)9-12(2)14(16(21)23)15(22)20-8-6-7-18(11-20)10-19(4)17(24)25-18/h9H,5-8,10-11H2,1-4H3. The number of amides is 2. The van der Waals surface area contributed by atoms with Crippen molar-refractivity contribution in [3.05, 3.63) is 33.2 Å². The van der Waals surface area contributed by atoms with Gasteiger partial charge in [-0.2, -0.15) is 0 Å². The molecular formula is C18H25N3O4. The first-order chi connectivity index (χ1) is 11.8. The summed E-state index contributed by atoms with van der Waals surface area (Å²) in [6.07, 6.45) is 1.13. The molecule has 0 N–H and O–H groups in total. The molecule has 0 bridgehead atoms. The Morgan fingerprint density at radius 3 is 2.60 bits per heavy atom. The quantitative estimate of drug-likeness (QED) is 0.814. The SMILES string of the molecule is CCn1c(C)cc(C)c(C(=O)N2CCCC3(CN(C)C(=O)O3)C2)c1=O. The van der Waals surface area contributed by atoms with Crippen LogP contribution in [0.15, 0.2) is 10.9 Å². The molecule has 0 aliphatic carbocycles. The summed E-state index contributed by atoms with van der Waals surface area (Å²) in [5.74, 6) is -0.269. The largest absolute Gasteiger partial charge is 0.439 e. The average Bonchev–Trinajstić information content (AvgIpc) is 2.80. The van der Waals surface area contributed by atoms with E-state index >= 15 is 0 Å². The highest BCUT2D eigenvalue weighted by Gasteiger charge is 2.47. The van der Waals surface area contributed by atoms with Gasteiger partial charge in [0.25, 0.3) is 11.5 Å². The number of carbonyl (C=O) groups excluding carboxylic acids is 2. The zero-order valence-corrected chi connectivity index (χ0v) is 15.3. The zero-order valence-electron chi connectivity index (χ0n) is 15.3. The molecule has 2 aliphatic rings. The van der Waals surface area contributed by atoms with Gasteiger partial charge < -0.3 is 19.1 Å². The number of rotatable bonds is 2. The summed E-state index contributed by atoms with van der Waals surface area (Å²) in [5.41, 5.74) is 0.870. The highest BCUT2D eigenvalue weighted by molar-refractivity contribution is 5.95. The molecule has 1 spiro atoms. The predicted molar refractivity (Wildman–Crippen MR) is 92.8 cm³/mol. The number of likely N-dealkylation sites (tertiary alicyclic amines) is 1. The maximum atomic E-state index is 13.1. The summed E-state index contributed by atoms with van der Waals surface area (Å²) in [6.45, 7) is 7.46. The Hall–Kier alpha value is -2.31. The van der Waals surface area contributed by atoms with Gasteiger partial charge in [0.05, 0.1) is 13.1 Å². The summed E-state index contributed by atoms with van der Waals surface area (Å²) in [6, 6.07) is 1.88. The van der Waals surface area contributed by atoms with Gasteiger partial charge in [-0.25, -0.2) is 4.79 Å². The van der Waals surface area contributed by atoms with E-state index in [0.717, 1.165) is 18.5 Å². The number of pyridine rings is 1. The molecule has 7 nitrogen and oxygen atoms in total. The predicted octanol–water partition coefficient (Wildman–Crippen LogP) is 1.54. The molecule has 7 heteroatoms. The fraction of sp³-hybridized carbons (Fsp3) is 0.611. The number of aromatic nitrogens is 1. The van der Waals surface area contributed by atoms with Crippen molar-refractivity contribution < 1.29 is 14.3 Å². The van der Waals surface area contributed by atoms with E-state index in [-0.39, 0.29) is 23.1 Å². The van der Waals surface area contributed by atoms with E-state index in [2.05, 4.69) is 0 Å². The Labute approximate surface area is 147 Å². The maximum absolute atomic E-state index is 13.1. The molecule has 0 saturated carbocycles. The van der Waals surface area contributed by atoms with Gasteiger partial charge in [0.1, 0.15) is 11.2 Å². The van der Waals surface area contributed by atoms with Crippen LogP contribution >= 0.6 is 0 Å². The number of hydrogen-bond acceptors (Lipinski definition) is 4. The number of likely N-dealkylation sites (N-methyl/N-ethyl adjacent to an activating group) is 1. The van der Waals surface area contributed by atoms with Gasteiger partial charge in [-0.15, -0.1) is 0 Å². The molecule has 0 radical (unpaired) electrons. The minimum absolute atomic E-state index is 0.224. The second kappa shape index (κ2) is 6.20. The molecule has 1 unspecified atom stereocenters. The second-order valence-electron chi connectivity index (χ2n) is 7.13. The van der Waals surface area contributed by atoms with Crippen molar-refractivity contribution in [3.8, 4) is 0 Å². The van der Waals surface area contributed by atoms with E-state index in [9.17, 15) is 14.4 Å². The minimum Gasteiger partial charge on any atom is -0.439 e. The number of aryl methyl sites for hydroxylation is 2. The number of ether oxygens (including phenoxy) is 1. The first-order valence-corrected chi connectivity index (χ1v) is 8.72. The van der Waals surface area contributed by atoms with Crippen molar-refractivity contribution in [1.82, 2.24) is 14.4 Å². The van der Waals surface area contributed by atoms with Crippen LogP contribution in [0.1, 0.15) is 41.4 Å². The Bertz CT molecular complexity index is 785. The Balaban J connectivity index is 1.92. The monoisotopic (exact) mass is 347 g/mol. The van der Waals surface area contributed by atoms with Crippen molar-refractivity contribution in [2.45, 2.75) is 45.8 Å². The van der Waals surface area contributed by atoms with Crippen molar-refractivity contribution in [3.63, 3.8) is 0 Å². The Kier molecular flexibility index (Phi) is 4.34. The van der Waals surface area contributed by atoms with E-state index in [1.807, 2.05) is 19.9 Å². The first kappa shape index (κ1) is 17.5. The van der Waals surface area contributed by atoms with Crippen LogP contribution in [0.25, 0.3) is 0 Å². The molecule has 0 aromatic carbocycles. The third-order valence-electron chi connectivity index (χ3n) is 5.20. The molecule has 3 rings (SSSR count). The lowest BCUT2D eigenvalue weighted by Crippen LogP contribution is -2.53. The topological polar surface area (TPSA) is 71.8 Å². The first-order valence-electron chi connectivity index (χ1n) is 8.72. The molecule has 1 aromatic rings. The smallest absolute Gasteiger partial charge is 0.410 e. The number of nitrogens with zero attached hydrogens (tertiary/aromatic N) is 3. The van der Waals surface area contributed by atoms with Gasteiger partial charge in [-0.1, -0.05) is 0 Å². The van der Waals surface area contributed by atoms with E-state index in [1.165, 1.54) is 4.90 Å². The molecule has 2 aliphatic heterocycles. The summed E-state index contributed by atoms with van der Waals surface area (Å²) in [7, 11) is 1.70. The third-order valence-corrected chi connectivity index (χ3v) is 5.20. The molecule has 1 aromatic heterocycles. The number of carbonyl (C=O) groups is 2. The Morgan fingerprint density at radius 1 is 1.28 bits per heavy atom. The van der Waals surface area contributed by atoms with Crippen LogP contribution in [0.5, 0.6) is 0 Å². The van der Waals surface area contributed by atoms with Crippen molar-refractivity contribution in [2.75, 3.05) is 26.7 Å². The highest BCUT2D eigenvalue weighted by Crippen LogP contribution is 2.32. The van der Waals surface area contributed by atoms with Crippen LogP contribution in [-0.4, -0.2) is 58.7 Å². The molecule has 2 saturated heterocycles. The molecule has 136 valence electrons. The van der Waals surface area contributed by atoms with E-state index in [4.69, 9.17) is 4.74 Å². The van der Waals surface area contributed by atoms with Gasteiger partial charge >= 0.3 is 6.09 Å². The van der Waals surface area contributed by atoms with Crippen LogP contribution < -0.4 is 5.56 Å². The lowest BCUT2D eigenvalue weighted by Gasteiger charge is -2.38. The van der Waals surface area contributed by atoms with Gasteiger partial charge in [0, 0.05) is 25.8 Å². The average molecular weight is 347 g/mol. The molecule has 2 amide bonds. The minimum atomic E-state index is -0.651. The van der Waals surface area contributed by atoms with Gasteiger partial charge in [-0.05, 0) is 45.2 Å². The zero-order chi connectivity index (χ0) is 18.4. The number of hydrogen-bond donors (Lipinski definition) is 0. The third kappa shape index (κ3) is 2.92. The van der Waals surface area contributed by atoms with Gasteiger partial charge in [0.15, 0.2) is 0 Å². The van der Waals surface area contributed by atoms with E-state index < -0.39 is 5.60 Å². The van der Waals surface area contributed by atoms with Crippen LogP contribution in [-0.2, 0) is 11.3 Å². The molecule has 3 heterocycles. The molecule has 2 fully saturated rings. The fourth-order valence-corrected chi connectivity index (χ4v) is 4.01. The second-order valence-corrected chi connectivity index (χ2v) is 7.13. The van der Waals surface area contributed by atoms with Crippen LogP contribution in [0.3, 0.4) is 0 Å². The lowest BCUT2D eigenvalue weighted by molar-refractivity contribution is -0.00533. The fourth-order valence-electron chi connectivity index (χ4n) is 4.01. The van der Waals surface area contributed by atoms with Crippen LogP contribution in [0, 0.1) is 13.8 Å². The summed E-state index contributed by atoms with van der Waals surface area (Å²) < 4.78 is 7.17. The van der Waals surface area contributed by atoms with Gasteiger partial charge in [-0.3, -0.25) is 9.59 Å². The number of piperidine rings is 1. The van der Waals surface area contributed by atoms with Crippen molar-refractivity contribution in [1.29, 1.82) is 0 Å². The van der Waals surface area contributed by atoms with Crippen molar-refractivity contribution in [2.24, 2.45) is 0 Å². The van der Waals surface area contributed by atoms with Crippen LogP contribution in [0.4, 0.5) is 4.79 Å². The normalized spacial score (nSPS) is 23.3. The summed E-state index contributed by atoms with van der Waals surface area (Å²) in [4.78, 5) is 40.8. The van der Waals surface area contributed by atoms with E-state index in [1.54, 1.807) is 23.4 Å². The Morgan fingerprint density at radius 2 is 2.00 bits per heavy atom. The van der Waals surface area contributed by atoms with Gasteiger partial charge in [0.2, 0.25) is 0 Å². The highest BCUT2D eigenvalue weighted by atomic mass is 16.6.